The summed E-state index contributed by atoms with van der Waals surface area (Å²) < 4.78 is 0. The molecule has 2 fully saturated rings. The third-order valence-corrected chi connectivity index (χ3v) is 6.04. The molecule has 2 aliphatic rings. The summed E-state index contributed by atoms with van der Waals surface area (Å²) in [6, 6.07) is 21.3. The van der Waals surface area contributed by atoms with Gasteiger partial charge in [-0.25, -0.2) is 0 Å². The van der Waals surface area contributed by atoms with E-state index in [1.54, 1.807) is 0 Å². The molecule has 2 aliphatic heterocycles. The van der Waals surface area contributed by atoms with E-state index in [1.807, 2.05) is 0 Å². The van der Waals surface area contributed by atoms with Crippen molar-refractivity contribution < 1.29 is 4.79 Å². The molecule has 0 saturated carbocycles. The highest BCUT2D eigenvalue weighted by atomic mass is 16.2. The highest BCUT2D eigenvalue weighted by Crippen LogP contribution is 2.50. The predicted molar refractivity (Wildman–Crippen MR) is 96.6 cm³/mol. The van der Waals surface area contributed by atoms with E-state index in [4.69, 9.17) is 0 Å². The molecule has 2 saturated heterocycles. The second-order valence-corrected chi connectivity index (χ2v) is 7.57. The highest BCUT2D eigenvalue weighted by molar-refractivity contribution is 5.88. The van der Waals surface area contributed by atoms with E-state index in [2.05, 4.69) is 72.5 Å². The fourth-order valence-corrected chi connectivity index (χ4v) is 4.89. The van der Waals surface area contributed by atoms with Crippen LogP contribution in [0, 0.1) is 11.8 Å². The van der Waals surface area contributed by atoms with Gasteiger partial charge < -0.3 is 4.90 Å². The van der Waals surface area contributed by atoms with Crippen LogP contribution in [0.5, 0.6) is 0 Å². The number of rotatable bonds is 5. The van der Waals surface area contributed by atoms with Gasteiger partial charge in [-0.1, -0.05) is 60.7 Å². The Morgan fingerprint density at radius 2 is 1.54 bits per heavy atom. The van der Waals surface area contributed by atoms with Crippen LogP contribution in [0.1, 0.15) is 30.9 Å². The van der Waals surface area contributed by atoms with Crippen LogP contribution >= 0.6 is 0 Å². The average molecular weight is 319 g/mol. The Balaban J connectivity index is 1.62. The van der Waals surface area contributed by atoms with Crippen LogP contribution in [0.15, 0.2) is 60.7 Å². The molecular formula is C22H25NO. The predicted octanol–water partition coefficient (Wildman–Crippen LogP) is 4.10. The van der Waals surface area contributed by atoms with Crippen LogP contribution in [0.3, 0.4) is 0 Å². The summed E-state index contributed by atoms with van der Waals surface area (Å²) in [6.07, 6.45) is 4.27. The fourth-order valence-electron chi connectivity index (χ4n) is 4.89. The molecule has 0 aliphatic carbocycles. The summed E-state index contributed by atoms with van der Waals surface area (Å²) in [7, 11) is 0. The molecule has 2 aromatic carbocycles. The van der Waals surface area contributed by atoms with Gasteiger partial charge >= 0.3 is 0 Å². The summed E-state index contributed by atoms with van der Waals surface area (Å²) in [6.45, 7) is 3.25. The van der Waals surface area contributed by atoms with Gasteiger partial charge in [-0.15, -0.1) is 0 Å². The molecular weight excluding hydrogens is 294 g/mol. The van der Waals surface area contributed by atoms with Crippen molar-refractivity contribution in [3.8, 4) is 0 Å². The molecule has 124 valence electrons. The van der Waals surface area contributed by atoms with Crippen molar-refractivity contribution in [3.05, 3.63) is 71.8 Å². The van der Waals surface area contributed by atoms with Gasteiger partial charge in [0.15, 0.2) is 0 Å². The van der Waals surface area contributed by atoms with Crippen molar-refractivity contribution >= 4 is 5.91 Å². The van der Waals surface area contributed by atoms with E-state index in [0.29, 0.717) is 11.8 Å². The van der Waals surface area contributed by atoms with Gasteiger partial charge in [0.05, 0.1) is 11.5 Å². The zero-order valence-electron chi connectivity index (χ0n) is 14.3. The molecule has 24 heavy (non-hydrogen) atoms. The van der Waals surface area contributed by atoms with E-state index in [1.165, 1.54) is 11.1 Å². The minimum absolute atomic E-state index is 0.0886. The number of benzene rings is 2. The van der Waals surface area contributed by atoms with Crippen molar-refractivity contribution in [1.29, 1.82) is 0 Å². The van der Waals surface area contributed by atoms with Crippen LogP contribution in [0.25, 0.3) is 0 Å². The van der Waals surface area contributed by atoms with Crippen molar-refractivity contribution in [1.82, 2.24) is 4.90 Å². The highest BCUT2D eigenvalue weighted by Gasteiger charge is 2.60. The fraction of sp³-hybridized carbons (Fsp3) is 0.409. The molecule has 2 atom stereocenters. The number of amides is 1. The number of hydrogen-bond acceptors (Lipinski definition) is 1. The molecule has 0 spiro atoms. The topological polar surface area (TPSA) is 20.3 Å². The monoisotopic (exact) mass is 319 g/mol. The zero-order valence-corrected chi connectivity index (χ0v) is 14.3. The summed E-state index contributed by atoms with van der Waals surface area (Å²) in [4.78, 5) is 14.9. The number of β-lactam (4-membered cyclic amide) rings is 1. The SMILES string of the molecule is CC12CCCN1C(=O)C2C(Cc1ccccc1)Cc1ccccc1. The molecule has 2 heteroatoms. The molecule has 2 aromatic rings. The van der Waals surface area contributed by atoms with Crippen molar-refractivity contribution in [2.75, 3.05) is 6.54 Å². The van der Waals surface area contributed by atoms with E-state index < -0.39 is 0 Å². The molecule has 1 amide bonds. The maximum absolute atomic E-state index is 12.8. The molecule has 2 heterocycles. The Morgan fingerprint density at radius 3 is 2.08 bits per heavy atom. The van der Waals surface area contributed by atoms with Gasteiger partial charge in [0.25, 0.3) is 0 Å². The van der Waals surface area contributed by atoms with Crippen molar-refractivity contribution in [3.63, 3.8) is 0 Å². The van der Waals surface area contributed by atoms with Crippen LogP contribution in [0.2, 0.25) is 0 Å². The molecule has 2 unspecified atom stereocenters. The maximum atomic E-state index is 12.8. The molecule has 0 aromatic heterocycles. The summed E-state index contributed by atoms with van der Waals surface area (Å²) in [5.41, 5.74) is 2.77. The normalized spacial score (nSPS) is 25.7. The minimum atomic E-state index is 0.0886. The lowest BCUT2D eigenvalue weighted by molar-refractivity contribution is -0.168. The lowest BCUT2D eigenvalue weighted by Gasteiger charge is -2.55. The third kappa shape index (κ3) is 2.54. The first kappa shape index (κ1) is 15.4. The van der Waals surface area contributed by atoms with E-state index in [9.17, 15) is 4.79 Å². The summed E-state index contributed by atoms with van der Waals surface area (Å²) in [5, 5.41) is 0. The molecule has 0 N–H and O–H groups in total. The van der Waals surface area contributed by atoms with Crippen LogP contribution in [-0.4, -0.2) is 22.9 Å². The standard InChI is InChI=1S/C22H25NO/c1-22-13-8-14-23(22)21(24)20(22)19(15-17-9-4-2-5-10-17)16-18-11-6-3-7-12-18/h2-7,9-12,19-20H,8,13-16H2,1H3. The van der Waals surface area contributed by atoms with E-state index in [0.717, 1.165) is 32.2 Å². The average Bonchev–Trinajstić information content (AvgIpc) is 2.94. The number of hydrogen-bond donors (Lipinski definition) is 0. The largest absolute Gasteiger partial charge is 0.336 e. The van der Waals surface area contributed by atoms with Gasteiger partial charge in [0, 0.05) is 6.54 Å². The molecule has 2 nitrogen and oxygen atoms in total. The first-order chi connectivity index (χ1) is 11.7. The van der Waals surface area contributed by atoms with Gasteiger partial charge in [-0.05, 0) is 49.7 Å². The van der Waals surface area contributed by atoms with Crippen molar-refractivity contribution in [2.24, 2.45) is 11.8 Å². The van der Waals surface area contributed by atoms with Crippen LogP contribution in [-0.2, 0) is 17.6 Å². The third-order valence-electron chi connectivity index (χ3n) is 6.04. The first-order valence-electron chi connectivity index (χ1n) is 9.08. The Labute approximate surface area is 144 Å². The van der Waals surface area contributed by atoms with Crippen molar-refractivity contribution in [2.45, 2.75) is 38.1 Å². The van der Waals surface area contributed by atoms with E-state index in [-0.39, 0.29) is 11.5 Å². The molecule has 0 radical (unpaired) electrons. The summed E-state index contributed by atoms with van der Waals surface area (Å²) in [5.74, 6) is 0.925. The number of nitrogens with zero attached hydrogens (tertiary/aromatic N) is 1. The number of carbonyl (C=O) groups is 1. The Morgan fingerprint density at radius 1 is 1.00 bits per heavy atom. The lowest BCUT2D eigenvalue weighted by atomic mass is 9.65. The van der Waals surface area contributed by atoms with Gasteiger partial charge in [0.2, 0.25) is 5.91 Å². The maximum Gasteiger partial charge on any atom is 0.228 e. The number of carbonyl (C=O) groups excluding carboxylic acids is 1. The first-order valence-corrected chi connectivity index (χ1v) is 9.08. The second-order valence-electron chi connectivity index (χ2n) is 7.57. The minimum Gasteiger partial charge on any atom is -0.336 e. The van der Waals surface area contributed by atoms with Crippen LogP contribution < -0.4 is 0 Å². The Kier molecular flexibility index (Phi) is 3.91. The van der Waals surface area contributed by atoms with Crippen LogP contribution in [0.4, 0.5) is 0 Å². The van der Waals surface area contributed by atoms with Gasteiger partial charge in [0.1, 0.15) is 0 Å². The van der Waals surface area contributed by atoms with E-state index >= 15 is 0 Å². The van der Waals surface area contributed by atoms with Gasteiger partial charge in [-0.2, -0.15) is 0 Å². The van der Waals surface area contributed by atoms with Gasteiger partial charge in [-0.3, -0.25) is 4.79 Å². The Hall–Kier alpha value is -2.09. The molecule has 0 bridgehead atoms. The lowest BCUT2D eigenvalue weighted by Crippen LogP contribution is -2.68. The Bertz CT molecular complexity index is 670. The second kappa shape index (κ2) is 6.08. The zero-order chi connectivity index (χ0) is 16.6. The smallest absolute Gasteiger partial charge is 0.228 e. The summed E-state index contributed by atoms with van der Waals surface area (Å²) >= 11 is 0. The number of fused-ring (bicyclic) bond motifs is 1. The quantitative estimate of drug-likeness (QED) is 0.760. The molecule has 4 rings (SSSR count).